The third-order valence-corrected chi connectivity index (χ3v) is 5.65. The summed E-state index contributed by atoms with van der Waals surface area (Å²) < 4.78 is 31.1. The van der Waals surface area contributed by atoms with E-state index in [0.29, 0.717) is 34.1 Å². The molecule has 3 heterocycles. The number of aryl methyl sites for hydroxylation is 3. The van der Waals surface area contributed by atoms with Gasteiger partial charge in [-0.3, -0.25) is 4.79 Å². The minimum atomic E-state index is -0.768. The van der Waals surface area contributed by atoms with Gasteiger partial charge < -0.3 is 5.32 Å². The molecular formula is C20H17BrF2N6O. The lowest BCUT2D eigenvalue weighted by atomic mass is 10.2. The molecule has 0 unspecified atom stereocenters. The Morgan fingerprint density at radius 1 is 1.07 bits per heavy atom. The van der Waals surface area contributed by atoms with Gasteiger partial charge in [-0.05, 0) is 55.8 Å². The summed E-state index contributed by atoms with van der Waals surface area (Å²) in [5.74, 6) is -1.44. The molecule has 0 aliphatic carbocycles. The maximum absolute atomic E-state index is 14.2. The normalized spacial score (nSPS) is 11.3. The van der Waals surface area contributed by atoms with Gasteiger partial charge in [-0.25, -0.2) is 18.4 Å². The van der Waals surface area contributed by atoms with Crippen molar-refractivity contribution in [2.45, 2.75) is 27.7 Å². The quantitative estimate of drug-likeness (QED) is 0.476. The van der Waals surface area contributed by atoms with Crippen LogP contribution in [0.3, 0.4) is 0 Å². The lowest BCUT2D eigenvalue weighted by Crippen LogP contribution is -2.17. The minimum absolute atomic E-state index is 0.0600. The van der Waals surface area contributed by atoms with Crippen LogP contribution in [0.2, 0.25) is 0 Å². The minimum Gasteiger partial charge on any atom is -0.306 e. The first-order chi connectivity index (χ1) is 14.2. The molecule has 0 spiro atoms. The fourth-order valence-corrected chi connectivity index (χ4v) is 3.68. The highest BCUT2D eigenvalue weighted by atomic mass is 79.9. The number of amides is 1. The molecule has 10 heteroatoms. The van der Waals surface area contributed by atoms with Crippen molar-refractivity contribution in [2.75, 3.05) is 5.32 Å². The number of nitrogens with one attached hydrogen (secondary N) is 1. The Morgan fingerprint density at radius 2 is 1.80 bits per heavy atom. The highest BCUT2D eigenvalue weighted by Gasteiger charge is 2.22. The lowest BCUT2D eigenvalue weighted by Gasteiger charge is -2.09. The van der Waals surface area contributed by atoms with Gasteiger partial charge in [-0.15, -0.1) is 0 Å². The lowest BCUT2D eigenvalue weighted by molar-refractivity contribution is 0.102. The standard InChI is InChI=1S/C20H17BrF2N6O/c1-9-7-16(29-19(24-9)18(21)11(3)27-29)25-20(30)17-10(2)26-28(12(17)4)15-6-5-13(22)8-14(15)23/h5-8H,1-4H3,(H,25,30). The Kier molecular flexibility index (Phi) is 4.89. The number of carbonyl (C=O) groups excluding carboxylic acids is 1. The van der Waals surface area contributed by atoms with Crippen molar-refractivity contribution in [3.8, 4) is 5.69 Å². The van der Waals surface area contributed by atoms with Gasteiger partial charge in [0.1, 0.15) is 17.3 Å². The van der Waals surface area contributed by atoms with E-state index in [2.05, 4.69) is 36.4 Å². The summed E-state index contributed by atoms with van der Waals surface area (Å²) in [7, 11) is 0. The summed E-state index contributed by atoms with van der Waals surface area (Å²) in [6.45, 7) is 6.95. The maximum Gasteiger partial charge on any atom is 0.260 e. The second-order valence-corrected chi connectivity index (χ2v) is 7.72. The highest BCUT2D eigenvalue weighted by Crippen LogP contribution is 2.25. The Hall–Kier alpha value is -3.14. The molecule has 0 bridgehead atoms. The van der Waals surface area contributed by atoms with Gasteiger partial charge in [0.05, 0.1) is 27.1 Å². The Bertz CT molecular complexity index is 1330. The zero-order valence-electron chi connectivity index (χ0n) is 16.6. The van der Waals surface area contributed by atoms with E-state index in [0.717, 1.165) is 22.3 Å². The van der Waals surface area contributed by atoms with Crippen molar-refractivity contribution < 1.29 is 13.6 Å². The molecule has 7 nitrogen and oxygen atoms in total. The van der Waals surface area contributed by atoms with Gasteiger partial charge in [0.2, 0.25) is 0 Å². The number of halogens is 3. The predicted octanol–water partition coefficient (Wildman–Crippen LogP) is 4.44. The molecule has 4 rings (SSSR count). The van der Waals surface area contributed by atoms with Gasteiger partial charge in [0, 0.05) is 17.8 Å². The summed E-state index contributed by atoms with van der Waals surface area (Å²) in [5, 5.41) is 11.5. The fraction of sp³-hybridized carbons (Fsp3) is 0.200. The molecule has 0 radical (unpaired) electrons. The van der Waals surface area contributed by atoms with Crippen LogP contribution >= 0.6 is 15.9 Å². The van der Waals surface area contributed by atoms with Crippen molar-refractivity contribution in [3.05, 3.63) is 68.7 Å². The molecule has 30 heavy (non-hydrogen) atoms. The molecule has 154 valence electrons. The first kappa shape index (κ1) is 20.1. The van der Waals surface area contributed by atoms with Gasteiger partial charge >= 0.3 is 0 Å². The van der Waals surface area contributed by atoms with E-state index in [9.17, 15) is 13.6 Å². The number of aromatic nitrogens is 5. The van der Waals surface area contributed by atoms with Crippen molar-refractivity contribution >= 4 is 33.3 Å². The Labute approximate surface area is 178 Å². The topological polar surface area (TPSA) is 77.1 Å². The third-order valence-electron chi connectivity index (χ3n) is 4.72. The van der Waals surface area contributed by atoms with E-state index in [1.807, 2.05) is 13.8 Å². The zero-order valence-corrected chi connectivity index (χ0v) is 18.2. The SMILES string of the molecule is Cc1cc(NC(=O)c2c(C)nn(-c3ccc(F)cc3F)c2C)n2nc(C)c(Br)c2n1. The first-order valence-electron chi connectivity index (χ1n) is 9.03. The molecular weight excluding hydrogens is 458 g/mol. The monoisotopic (exact) mass is 474 g/mol. The van der Waals surface area contributed by atoms with Crippen LogP contribution in [-0.4, -0.2) is 30.3 Å². The molecule has 0 aliphatic rings. The molecule has 1 aromatic carbocycles. The number of rotatable bonds is 3. The van der Waals surface area contributed by atoms with Crippen LogP contribution in [0.5, 0.6) is 0 Å². The van der Waals surface area contributed by atoms with Crippen LogP contribution in [0.1, 0.15) is 33.1 Å². The summed E-state index contributed by atoms with van der Waals surface area (Å²) in [5.41, 5.74) is 3.21. The zero-order chi connectivity index (χ0) is 21.7. The van der Waals surface area contributed by atoms with Crippen LogP contribution in [0.25, 0.3) is 11.3 Å². The molecule has 1 N–H and O–H groups in total. The van der Waals surface area contributed by atoms with Crippen LogP contribution in [0.15, 0.2) is 28.7 Å². The summed E-state index contributed by atoms with van der Waals surface area (Å²) >= 11 is 3.46. The number of nitrogens with zero attached hydrogens (tertiary/aromatic N) is 5. The molecule has 0 fully saturated rings. The van der Waals surface area contributed by atoms with Crippen molar-refractivity contribution in [2.24, 2.45) is 0 Å². The molecule has 0 saturated carbocycles. The average molecular weight is 475 g/mol. The number of carbonyl (C=O) groups is 1. The largest absolute Gasteiger partial charge is 0.306 e. The molecule has 3 aromatic heterocycles. The van der Waals surface area contributed by atoms with Gasteiger partial charge in [-0.1, -0.05) is 0 Å². The highest BCUT2D eigenvalue weighted by molar-refractivity contribution is 9.10. The molecule has 0 aliphatic heterocycles. The van der Waals surface area contributed by atoms with Crippen LogP contribution in [0, 0.1) is 39.3 Å². The smallest absolute Gasteiger partial charge is 0.260 e. The van der Waals surface area contributed by atoms with Gasteiger partial charge in [0.25, 0.3) is 5.91 Å². The summed E-state index contributed by atoms with van der Waals surface area (Å²) in [6, 6.07) is 4.91. The second kappa shape index (κ2) is 7.28. The number of anilines is 1. The van der Waals surface area contributed by atoms with Crippen LogP contribution in [0.4, 0.5) is 14.6 Å². The number of fused-ring (bicyclic) bond motifs is 1. The first-order valence-corrected chi connectivity index (χ1v) is 9.82. The third kappa shape index (κ3) is 3.26. The van der Waals surface area contributed by atoms with Crippen molar-refractivity contribution in [3.63, 3.8) is 0 Å². The predicted molar refractivity (Wildman–Crippen MR) is 111 cm³/mol. The average Bonchev–Trinajstić information content (AvgIpc) is 3.11. The Morgan fingerprint density at radius 3 is 2.50 bits per heavy atom. The number of hydrogen-bond acceptors (Lipinski definition) is 4. The van der Waals surface area contributed by atoms with Gasteiger partial charge in [0.15, 0.2) is 11.5 Å². The second-order valence-electron chi connectivity index (χ2n) is 6.93. The molecule has 1 amide bonds. The van der Waals surface area contributed by atoms with E-state index in [1.165, 1.54) is 10.7 Å². The van der Waals surface area contributed by atoms with Crippen LogP contribution < -0.4 is 5.32 Å². The van der Waals surface area contributed by atoms with E-state index in [4.69, 9.17) is 0 Å². The van der Waals surface area contributed by atoms with E-state index >= 15 is 0 Å². The van der Waals surface area contributed by atoms with Crippen molar-refractivity contribution in [1.29, 1.82) is 0 Å². The fourth-order valence-electron chi connectivity index (χ4n) is 3.35. The van der Waals surface area contributed by atoms with E-state index < -0.39 is 17.5 Å². The van der Waals surface area contributed by atoms with E-state index in [-0.39, 0.29) is 5.69 Å². The molecule has 4 aromatic rings. The van der Waals surface area contributed by atoms with Gasteiger partial charge in [-0.2, -0.15) is 14.7 Å². The Balaban J connectivity index is 1.76. The van der Waals surface area contributed by atoms with Crippen molar-refractivity contribution in [1.82, 2.24) is 24.4 Å². The van der Waals surface area contributed by atoms with E-state index in [1.54, 1.807) is 24.4 Å². The maximum atomic E-state index is 14.2. The molecule has 0 saturated heterocycles. The summed E-state index contributed by atoms with van der Waals surface area (Å²) in [6.07, 6.45) is 0. The number of benzene rings is 1. The number of hydrogen-bond donors (Lipinski definition) is 1. The molecule has 0 atom stereocenters. The van der Waals surface area contributed by atoms with Crippen LogP contribution in [-0.2, 0) is 0 Å². The summed E-state index contributed by atoms with van der Waals surface area (Å²) in [4.78, 5) is 17.5.